The second kappa shape index (κ2) is 9.49. The van der Waals surface area contributed by atoms with Crippen molar-refractivity contribution in [2.24, 2.45) is 10.2 Å². The van der Waals surface area contributed by atoms with Crippen LogP contribution in [-0.4, -0.2) is 31.4 Å². The van der Waals surface area contributed by atoms with Crippen LogP contribution in [0.15, 0.2) is 40.6 Å². The van der Waals surface area contributed by atoms with E-state index in [0.29, 0.717) is 5.69 Å². The van der Waals surface area contributed by atoms with Crippen LogP contribution < -0.4 is 0 Å². The molecule has 0 radical (unpaired) electrons. The lowest BCUT2D eigenvalue weighted by molar-refractivity contribution is -0.115. The van der Waals surface area contributed by atoms with Crippen LogP contribution in [-0.2, 0) is 4.79 Å². The molecular formula is C12H13N5O. The Hall–Kier alpha value is -2.73. The van der Waals surface area contributed by atoms with Gasteiger partial charge in [-0.15, -0.1) is 0 Å². The van der Waals surface area contributed by atoms with Gasteiger partial charge in [-0.2, -0.15) is 20.8 Å². The first kappa shape index (κ1) is 15.3. The Bertz CT molecular complexity index is 442. The lowest BCUT2D eigenvalue weighted by atomic mass is 10.3. The molecule has 1 aromatic rings. The van der Waals surface area contributed by atoms with Gasteiger partial charge < -0.3 is 4.90 Å². The lowest BCUT2D eigenvalue weighted by Gasteiger charge is -1.93. The molecule has 0 unspecified atom stereocenters. The molecule has 18 heavy (non-hydrogen) atoms. The van der Waals surface area contributed by atoms with Gasteiger partial charge in [0.1, 0.15) is 12.1 Å². The average Bonchev–Trinajstić information content (AvgIpc) is 2.42. The van der Waals surface area contributed by atoms with Crippen LogP contribution in [0.2, 0.25) is 0 Å². The highest BCUT2D eigenvalue weighted by Crippen LogP contribution is 2.10. The molecule has 92 valence electrons. The maximum atomic E-state index is 9.43. The number of hydrogen-bond acceptors (Lipinski definition) is 5. The minimum atomic E-state index is -1.01. The third-order valence-corrected chi connectivity index (χ3v) is 1.50. The fourth-order valence-electron chi connectivity index (χ4n) is 0.700. The first-order valence-corrected chi connectivity index (χ1v) is 5.01. The van der Waals surface area contributed by atoms with E-state index < -0.39 is 6.04 Å². The van der Waals surface area contributed by atoms with Crippen LogP contribution in [0.5, 0.6) is 0 Å². The second-order valence-corrected chi connectivity index (χ2v) is 3.28. The molecule has 0 saturated heterocycles. The molecule has 0 aliphatic heterocycles. The van der Waals surface area contributed by atoms with Crippen LogP contribution in [0.1, 0.15) is 0 Å². The van der Waals surface area contributed by atoms with Crippen molar-refractivity contribution in [2.75, 3.05) is 14.1 Å². The van der Waals surface area contributed by atoms with Crippen molar-refractivity contribution in [3.8, 4) is 12.1 Å². The van der Waals surface area contributed by atoms with Gasteiger partial charge >= 0.3 is 0 Å². The predicted octanol–water partition coefficient (Wildman–Crippen LogP) is 1.89. The van der Waals surface area contributed by atoms with E-state index in [1.807, 2.05) is 18.2 Å². The summed E-state index contributed by atoms with van der Waals surface area (Å²) in [6, 6.07) is 11.3. The molecule has 0 fully saturated rings. The van der Waals surface area contributed by atoms with Gasteiger partial charge in [-0.3, -0.25) is 4.79 Å². The number of carbonyl (C=O) groups excluding carboxylic acids is 1. The van der Waals surface area contributed by atoms with Crippen molar-refractivity contribution in [3.63, 3.8) is 0 Å². The summed E-state index contributed by atoms with van der Waals surface area (Å²) in [6.07, 6.45) is 0.750. The molecule has 6 nitrogen and oxygen atoms in total. The Morgan fingerprint density at radius 3 is 2.11 bits per heavy atom. The molecule has 0 atom stereocenters. The number of azo groups is 1. The number of hydrogen-bond donors (Lipinski definition) is 0. The quantitative estimate of drug-likeness (QED) is 0.599. The number of nitriles is 2. The molecule has 1 rings (SSSR count). The molecule has 0 aliphatic carbocycles. The Morgan fingerprint density at radius 2 is 1.72 bits per heavy atom. The number of benzene rings is 1. The van der Waals surface area contributed by atoms with Crippen LogP contribution in [0.25, 0.3) is 0 Å². The van der Waals surface area contributed by atoms with Crippen molar-refractivity contribution in [1.82, 2.24) is 4.90 Å². The molecule has 6 heteroatoms. The van der Waals surface area contributed by atoms with Gasteiger partial charge in [0, 0.05) is 14.1 Å². The van der Waals surface area contributed by atoms with Crippen molar-refractivity contribution in [1.29, 1.82) is 10.5 Å². The fraction of sp³-hybridized carbons (Fsp3) is 0.250. The van der Waals surface area contributed by atoms with Gasteiger partial charge in [0.2, 0.25) is 12.5 Å². The van der Waals surface area contributed by atoms with Crippen LogP contribution in [0.3, 0.4) is 0 Å². The summed E-state index contributed by atoms with van der Waals surface area (Å²) >= 11 is 0. The highest BCUT2D eigenvalue weighted by atomic mass is 16.1. The number of amides is 1. The van der Waals surface area contributed by atoms with E-state index in [0.717, 1.165) is 6.41 Å². The summed E-state index contributed by atoms with van der Waals surface area (Å²) in [5, 5.41) is 24.0. The predicted molar refractivity (Wildman–Crippen MR) is 65.7 cm³/mol. The van der Waals surface area contributed by atoms with Gasteiger partial charge in [0.25, 0.3) is 0 Å². The summed E-state index contributed by atoms with van der Waals surface area (Å²) in [7, 11) is 3.38. The van der Waals surface area contributed by atoms with E-state index in [4.69, 9.17) is 10.5 Å². The first-order valence-electron chi connectivity index (χ1n) is 5.01. The summed E-state index contributed by atoms with van der Waals surface area (Å²) in [6.45, 7) is 0. The molecule has 0 saturated carbocycles. The SMILES string of the molecule is CN(C)C=O.N#CC(C#N)N=Nc1ccccc1. The Labute approximate surface area is 106 Å². The van der Waals surface area contributed by atoms with E-state index in [-0.39, 0.29) is 0 Å². The number of nitrogens with zero attached hydrogens (tertiary/aromatic N) is 5. The average molecular weight is 243 g/mol. The first-order chi connectivity index (χ1) is 8.63. The number of rotatable bonds is 3. The van der Waals surface area contributed by atoms with Crippen LogP contribution in [0, 0.1) is 22.7 Å². The zero-order valence-corrected chi connectivity index (χ0v) is 10.2. The summed E-state index contributed by atoms with van der Waals surface area (Å²) in [5.41, 5.74) is 0.637. The lowest BCUT2D eigenvalue weighted by Crippen LogP contribution is -2.06. The van der Waals surface area contributed by atoms with Gasteiger partial charge in [-0.05, 0) is 12.1 Å². The molecular weight excluding hydrogens is 230 g/mol. The maximum absolute atomic E-state index is 9.43. The van der Waals surface area contributed by atoms with E-state index in [2.05, 4.69) is 10.2 Å². The smallest absolute Gasteiger partial charge is 0.242 e. The minimum absolute atomic E-state index is 0.637. The third kappa shape index (κ3) is 7.55. The van der Waals surface area contributed by atoms with Crippen LogP contribution in [0.4, 0.5) is 5.69 Å². The summed E-state index contributed by atoms with van der Waals surface area (Å²) in [4.78, 5) is 10.9. The molecule has 1 aromatic carbocycles. The number of carbonyl (C=O) groups is 1. The van der Waals surface area contributed by atoms with Gasteiger partial charge in [-0.1, -0.05) is 18.2 Å². The molecule has 0 aliphatic rings. The summed E-state index contributed by atoms with van der Waals surface area (Å²) < 4.78 is 0. The zero-order chi connectivity index (χ0) is 13.8. The monoisotopic (exact) mass is 243 g/mol. The standard InChI is InChI=1S/C9H6N4.C3H7NO/c10-6-9(7-11)13-12-8-4-2-1-3-5-8;1-4(2)3-5/h1-5,9H;3H,1-2H3. The van der Waals surface area contributed by atoms with Gasteiger partial charge in [-0.25, -0.2) is 0 Å². The molecule has 1 amide bonds. The van der Waals surface area contributed by atoms with E-state index >= 15 is 0 Å². The van der Waals surface area contributed by atoms with E-state index in [1.54, 1.807) is 38.4 Å². The maximum Gasteiger partial charge on any atom is 0.242 e. The normalized spacial score (nSPS) is 8.94. The second-order valence-electron chi connectivity index (χ2n) is 3.28. The Morgan fingerprint density at radius 1 is 1.22 bits per heavy atom. The van der Waals surface area contributed by atoms with Crippen molar-refractivity contribution in [2.45, 2.75) is 6.04 Å². The van der Waals surface area contributed by atoms with E-state index in [9.17, 15) is 4.79 Å². The topological polar surface area (TPSA) is 92.6 Å². The van der Waals surface area contributed by atoms with E-state index in [1.165, 1.54) is 4.90 Å². The van der Waals surface area contributed by atoms with Crippen LogP contribution >= 0.6 is 0 Å². The molecule has 0 spiro atoms. The zero-order valence-electron chi connectivity index (χ0n) is 10.2. The fourth-order valence-corrected chi connectivity index (χ4v) is 0.700. The third-order valence-electron chi connectivity index (χ3n) is 1.50. The Kier molecular flexibility index (Phi) is 8.05. The largest absolute Gasteiger partial charge is 0.351 e. The van der Waals surface area contributed by atoms with Crippen molar-refractivity contribution < 1.29 is 4.79 Å². The van der Waals surface area contributed by atoms with Gasteiger partial charge in [0.05, 0.1) is 5.69 Å². The molecule has 0 aromatic heterocycles. The highest BCUT2D eigenvalue weighted by molar-refractivity contribution is 5.45. The highest BCUT2D eigenvalue weighted by Gasteiger charge is 1.99. The molecule has 0 N–H and O–H groups in total. The molecule has 0 bridgehead atoms. The minimum Gasteiger partial charge on any atom is -0.351 e. The Balaban J connectivity index is 0.000000494. The van der Waals surface area contributed by atoms with Crippen molar-refractivity contribution >= 4 is 12.1 Å². The van der Waals surface area contributed by atoms with Gasteiger partial charge in [0.15, 0.2) is 0 Å². The van der Waals surface area contributed by atoms with Crippen molar-refractivity contribution in [3.05, 3.63) is 30.3 Å². The summed E-state index contributed by atoms with van der Waals surface area (Å²) in [5.74, 6) is 0. The molecule has 0 heterocycles.